The summed E-state index contributed by atoms with van der Waals surface area (Å²) in [5.41, 5.74) is 0. The number of halogens is 2. The minimum atomic E-state index is -0.864. The fraction of sp³-hybridized carbons (Fsp3) is 0.600. The highest BCUT2D eigenvalue weighted by atomic mass is 19.2. The normalized spacial score (nSPS) is 17.4. The third kappa shape index (κ3) is 4.42. The van der Waals surface area contributed by atoms with E-state index < -0.39 is 11.6 Å². The Hall–Kier alpha value is -1.20. The van der Waals surface area contributed by atoms with Crippen LogP contribution in [0.3, 0.4) is 0 Å². The number of nitrogens with zero attached hydrogens (tertiary/aromatic N) is 1. The monoisotopic (exact) mass is 284 g/mol. The molecule has 1 saturated heterocycles. The Labute approximate surface area is 118 Å². The highest BCUT2D eigenvalue weighted by Gasteiger charge is 2.16. The minimum Gasteiger partial charge on any atom is -0.493 e. The SMILES string of the molecule is CNC1CCN(CCCOc2ccc(F)c(F)c2)CC1. The first-order chi connectivity index (χ1) is 9.69. The molecule has 1 fully saturated rings. The van der Waals surface area contributed by atoms with Gasteiger partial charge in [0.1, 0.15) is 5.75 Å². The largest absolute Gasteiger partial charge is 0.493 e. The zero-order chi connectivity index (χ0) is 14.4. The van der Waals surface area contributed by atoms with Gasteiger partial charge in [0.05, 0.1) is 6.61 Å². The average molecular weight is 284 g/mol. The summed E-state index contributed by atoms with van der Waals surface area (Å²) in [5.74, 6) is -1.32. The smallest absolute Gasteiger partial charge is 0.162 e. The molecule has 0 atom stereocenters. The van der Waals surface area contributed by atoms with Gasteiger partial charge in [0.15, 0.2) is 11.6 Å². The maximum absolute atomic E-state index is 13.0. The lowest BCUT2D eigenvalue weighted by Gasteiger charge is -2.31. The van der Waals surface area contributed by atoms with Gasteiger partial charge in [0.2, 0.25) is 0 Å². The Balaban J connectivity index is 1.63. The fourth-order valence-corrected chi connectivity index (χ4v) is 2.49. The number of rotatable bonds is 6. The van der Waals surface area contributed by atoms with Crippen molar-refractivity contribution in [2.24, 2.45) is 0 Å². The van der Waals surface area contributed by atoms with Gasteiger partial charge >= 0.3 is 0 Å². The molecule has 20 heavy (non-hydrogen) atoms. The molecule has 1 aromatic rings. The van der Waals surface area contributed by atoms with Crippen molar-refractivity contribution in [3.05, 3.63) is 29.8 Å². The van der Waals surface area contributed by atoms with Crippen molar-refractivity contribution in [1.29, 1.82) is 0 Å². The van der Waals surface area contributed by atoms with Gasteiger partial charge in [-0.15, -0.1) is 0 Å². The summed E-state index contributed by atoms with van der Waals surface area (Å²) in [6.07, 6.45) is 3.25. The van der Waals surface area contributed by atoms with Gasteiger partial charge in [0, 0.05) is 18.7 Å². The molecule has 1 heterocycles. The molecule has 0 bridgehead atoms. The minimum absolute atomic E-state index is 0.387. The van der Waals surface area contributed by atoms with E-state index in [0.29, 0.717) is 18.4 Å². The summed E-state index contributed by atoms with van der Waals surface area (Å²) in [6, 6.07) is 4.28. The third-order valence-corrected chi connectivity index (χ3v) is 3.77. The van der Waals surface area contributed by atoms with Crippen LogP contribution in [0.1, 0.15) is 19.3 Å². The van der Waals surface area contributed by atoms with Crippen molar-refractivity contribution in [2.45, 2.75) is 25.3 Å². The maximum atomic E-state index is 13.0. The number of hydrogen-bond donors (Lipinski definition) is 1. The van der Waals surface area contributed by atoms with Crippen LogP contribution in [0.15, 0.2) is 18.2 Å². The number of benzene rings is 1. The lowest BCUT2D eigenvalue weighted by Crippen LogP contribution is -2.41. The summed E-state index contributed by atoms with van der Waals surface area (Å²) in [4.78, 5) is 2.42. The average Bonchev–Trinajstić information content (AvgIpc) is 2.48. The summed E-state index contributed by atoms with van der Waals surface area (Å²) in [6.45, 7) is 3.73. The molecule has 1 N–H and O–H groups in total. The van der Waals surface area contributed by atoms with E-state index in [0.717, 1.165) is 38.2 Å². The molecular weight excluding hydrogens is 262 g/mol. The lowest BCUT2D eigenvalue weighted by atomic mass is 10.1. The number of hydrogen-bond acceptors (Lipinski definition) is 3. The molecule has 2 rings (SSSR count). The zero-order valence-corrected chi connectivity index (χ0v) is 11.9. The van der Waals surface area contributed by atoms with E-state index in [4.69, 9.17) is 4.74 Å². The Bertz CT molecular complexity index is 420. The van der Waals surface area contributed by atoms with Crippen LogP contribution in [0.25, 0.3) is 0 Å². The molecule has 0 aromatic heterocycles. The molecule has 0 aliphatic carbocycles. The van der Waals surface area contributed by atoms with Crippen LogP contribution in [0, 0.1) is 11.6 Å². The van der Waals surface area contributed by atoms with E-state index in [1.165, 1.54) is 18.9 Å². The first-order valence-corrected chi connectivity index (χ1v) is 7.16. The molecule has 0 saturated carbocycles. The van der Waals surface area contributed by atoms with E-state index in [1.807, 2.05) is 7.05 Å². The van der Waals surface area contributed by atoms with Crippen molar-refractivity contribution < 1.29 is 13.5 Å². The quantitative estimate of drug-likeness (QED) is 0.812. The van der Waals surface area contributed by atoms with Crippen LogP contribution in [-0.2, 0) is 0 Å². The summed E-state index contributed by atoms with van der Waals surface area (Å²) < 4.78 is 31.2. The van der Waals surface area contributed by atoms with Gasteiger partial charge < -0.3 is 15.0 Å². The number of likely N-dealkylation sites (tertiary alicyclic amines) is 1. The maximum Gasteiger partial charge on any atom is 0.162 e. The van der Waals surface area contributed by atoms with Crippen LogP contribution < -0.4 is 10.1 Å². The second-order valence-electron chi connectivity index (χ2n) is 5.18. The topological polar surface area (TPSA) is 24.5 Å². The van der Waals surface area contributed by atoms with Crippen LogP contribution in [-0.4, -0.2) is 44.2 Å². The molecule has 0 spiro atoms. The zero-order valence-electron chi connectivity index (χ0n) is 11.9. The number of ether oxygens (including phenoxy) is 1. The Morgan fingerprint density at radius 1 is 1.25 bits per heavy atom. The molecule has 0 amide bonds. The van der Waals surface area contributed by atoms with Crippen LogP contribution in [0.2, 0.25) is 0 Å². The molecule has 1 aromatic carbocycles. The second-order valence-corrected chi connectivity index (χ2v) is 5.18. The van der Waals surface area contributed by atoms with Crippen molar-refractivity contribution in [3.8, 4) is 5.75 Å². The van der Waals surface area contributed by atoms with E-state index in [-0.39, 0.29) is 0 Å². The van der Waals surface area contributed by atoms with Gasteiger partial charge in [-0.25, -0.2) is 8.78 Å². The molecule has 112 valence electrons. The standard InChI is InChI=1S/C15H22F2N2O/c1-18-12-5-8-19(9-6-12)7-2-10-20-13-3-4-14(16)15(17)11-13/h3-4,11-12,18H,2,5-10H2,1H3. The molecule has 1 aliphatic heterocycles. The molecule has 5 heteroatoms. The predicted molar refractivity (Wildman–Crippen MR) is 75.0 cm³/mol. The highest BCUT2D eigenvalue weighted by Crippen LogP contribution is 2.16. The van der Waals surface area contributed by atoms with Crippen LogP contribution >= 0.6 is 0 Å². The summed E-state index contributed by atoms with van der Waals surface area (Å²) in [5, 5.41) is 3.31. The number of nitrogens with one attached hydrogen (secondary N) is 1. The van der Waals surface area contributed by atoms with Gasteiger partial charge in [-0.3, -0.25) is 0 Å². The molecule has 3 nitrogen and oxygen atoms in total. The summed E-state index contributed by atoms with van der Waals surface area (Å²) >= 11 is 0. The second kappa shape index (κ2) is 7.55. The first-order valence-electron chi connectivity index (χ1n) is 7.16. The molecule has 0 unspecified atom stereocenters. The number of piperidine rings is 1. The van der Waals surface area contributed by atoms with Crippen molar-refractivity contribution in [1.82, 2.24) is 10.2 Å². The van der Waals surface area contributed by atoms with Crippen molar-refractivity contribution in [2.75, 3.05) is 33.3 Å². The van der Waals surface area contributed by atoms with Gasteiger partial charge in [-0.05, 0) is 51.5 Å². The Kier molecular flexibility index (Phi) is 5.73. The van der Waals surface area contributed by atoms with Gasteiger partial charge in [-0.1, -0.05) is 0 Å². The van der Waals surface area contributed by atoms with Crippen LogP contribution in [0.4, 0.5) is 8.78 Å². The third-order valence-electron chi connectivity index (χ3n) is 3.77. The molecule has 1 aliphatic rings. The van der Waals surface area contributed by atoms with Crippen molar-refractivity contribution >= 4 is 0 Å². The first kappa shape index (κ1) is 15.2. The lowest BCUT2D eigenvalue weighted by molar-refractivity contribution is 0.185. The molecule has 0 radical (unpaired) electrons. The summed E-state index contributed by atoms with van der Waals surface area (Å²) in [7, 11) is 2.01. The van der Waals surface area contributed by atoms with Gasteiger partial charge in [-0.2, -0.15) is 0 Å². The van der Waals surface area contributed by atoms with E-state index in [9.17, 15) is 8.78 Å². The van der Waals surface area contributed by atoms with Crippen LogP contribution in [0.5, 0.6) is 5.75 Å². The molecular formula is C15H22F2N2O. The van der Waals surface area contributed by atoms with E-state index >= 15 is 0 Å². The Morgan fingerprint density at radius 3 is 2.65 bits per heavy atom. The van der Waals surface area contributed by atoms with E-state index in [2.05, 4.69) is 10.2 Å². The van der Waals surface area contributed by atoms with E-state index in [1.54, 1.807) is 0 Å². The fourth-order valence-electron chi connectivity index (χ4n) is 2.49. The highest BCUT2D eigenvalue weighted by molar-refractivity contribution is 5.23. The van der Waals surface area contributed by atoms with Gasteiger partial charge in [0.25, 0.3) is 0 Å². The Morgan fingerprint density at radius 2 is 2.00 bits per heavy atom. The predicted octanol–water partition coefficient (Wildman–Crippen LogP) is 2.42. The van der Waals surface area contributed by atoms with Crippen molar-refractivity contribution in [3.63, 3.8) is 0 Å².